The highest BCUT2D eigenvalue weighted by molar-refractivity contribution is 5.87. The predicted molar refractivity (Wildman–Crippen MR) is 75.7 cm³/mol. The van der Waals surface area contributed by atoms with E-state index in [0.717, 1.165) is 12.8 Å². The van der Waals surface area contributed by atoms with Crippen molar-refractivity contribution in [2.45, 2.75) is 58.1 Å². The van der Waals surface area contributed by atoms with E-state index in [1.165, 1.54) is 4.90 Å². The molecule has 2 amide bonds. The molecule has 0 spiro atoms. The molecule has 0 aromatic rings. The van der Waals surface area contributed by atoms with Crippen molar-refractivity contribution in [1.29, 1.82) is 0 Å². The van der Waals surface area contributed by atoms with Crippen molar-refractivity contribution in [1.82, 2.24) is 10.2 Å². The number of aliphatic carboxylic acids is 1. The van der Waals surface area contributed by atoms with Gasteiger partial charge in [0.2, 0.25) is 0 Å². The Labute approximate surface area is 120 Å². The molecule has 1 aliphatic rings. The zero-order valence-corrected chi connectivity index (χ0v) is 12.6. The number of ether oxygens (including phenoxy) is 1. The first-order valence-electron chi connectivity index (χ1n) is 7.38. The molecule has 0 aliphatic carbocycles. The summed E-state index contributed by atoms with van der Waals surface area (Å²) in [5.41, 5.74) is -1.03. The molecule has 6 nitrogen and oxygen atoms in total. The monoisotopic (exact) mass is 286 g/mol. The number of carboxylic acid groups (broad SMARTS) is 1. The third-order valence-corrected chi connectivity index (χ3v) is 3.79. The number of hydrogen-bond acceptors (Lipinski definition) is 3. The van der Waals surface area contributed by atoms with Crippen LogP contribution in [0.25, 0.3) is 0 Å². The van der Waals surface area contributed by atoms with Gasteiger partial charge in [-0.25, -0.2) is 9.59 Å². The van der Waals surface area contributed by atoms with E-state index in [-0.39, 0.29) is 12.1 Å². The normalized spacial score (nSPS) is 23.6. The fourth-order valence-electron chi connectivity index (χ4n) is 2.85. The average Bonchev–Trinajstić information content (AvgIpc) is 2.82. The molecule has 1 rings (SSSR count). The SMILES string of the molecule is CCCC1(C(=O)O)CCCN1C(=O)NCC(C)OCC. The van der Waals surface area contributed by atoms with Crippen LogP contribution in [0.4, 0.5) is 4.79 Å². The first-order valence-corrected chi connectivity index (χ1v) is 7.38. The van der Waals surface area contributed by atoms with Crippen molar-refractivity contribution in [2.75, 3.05) is 19.7 Å². The predicted octanol–water partition coefficient (Wildman–Crippen LogP) is 1.84. The number of rotatable bonds is 7. The van der Waals surface area contributed by atoms with E-state index in [1.807, 2.05) is 20.8 Å². The second-order valence-corrected chi connectivity index (χ2v) is 5.29. The topological polar surface area (TPSA) is 78.9 Å². The average molecular weight is 286 g/mol. The van der Waals surface area contributed by atoms with Gasteiger partial charge in [-0.05, 0) is 33.1 Å². The Bertz CT molecular complexity index is 348. The minimum Gasteiger partial charge on any atom is -0.479 e. The van der Waals surface area contributed by atoms with Crippen LogP contribution in [-0.4, -0.2) is 53.3 Å². The number of likely N-dealkylation sites (tertiary alicyclic amines) is 1. The van der Waals surface area contributed by atoms with E-state index in [0.29, 0.717) is 32.5 Å². The Morgan fingerprint density at radius 3 is 2.70 bits per heavy atom. The maximum absolute atomic E-state index is 12.2. The highest BCUT2D eigenvalue weighted by Crippen LogP contribution is 2.33. The molecule has 0 saturated carbocycles. The number of carbonyl (C=O) groups is 2. The molecule has 2 N–H and O–H groups in total. The number of amides is 2. The van der Waals surface area contributed by atoms with Gasteiger partial charge in [-0.1, -0.05) is 13.3 Å². The molecule has 20 heavy (non-hydrogen) atoms. The van der Waals surface area contributed by atoms with Crippen LogP contribution in [0.15, 0.2) is 0 Å². The van der Waals surface area contributed by atoms with E-state index < -0.39 is 11.5 Å². The van der Waals surface area contributed by atoms with E-state index in [4.69, 9.17) is 4.74 Å². The Kier molecular flexibility index (Phi) is 6.26. The molecule has 0 aromatic heterocycles. The zero-order valence-electron chi connectivity index (χ0n) is 12.6. The molecule has 1 fully saturated rings. The quantitative estimate of drug-likeness (QED) is 0.748. The maximum atomic E-state index is 12.2. The molecular formula is C14H26N2O4. The molecule has 6 heteroatoms. The van der Waals surface area contributed by atoms with Crippen LogP contribution in [-0.2, 0) is 9.53 Å². The van der Waals surface area contributed by atoms with Crippen molar-refractivity contribution in [3.05, 3.63) is 0 Å². The Hall–Kier alpha value is -1.30. The van der Waals surface area contributed by atoms with Gasteiger partial charge < -0.3 is 20.1 Å². The zero-order chi connectivity index (χ0) is 15.2. The molecule has 0 radical (unpaired) electrons. The fourth-order valence-corrected chi connectivity index (χ4v) is 2.85. The lowest BCUT2D eigenvalue weighted by molar-refractivity contribution is -0.148. The number of carboxylic acids is 1. The number of hydrogen-bond donors (Lipinski definition) is 2. The summed E-state index contributed by atoms with van der Waals surface area (Å²) in [5, 5.41) is 12.3. The van der Waals surface area contributed by atoms with Crippen LogP contribution >= 0.6 is 0 Å². The molecule has 1 aliphatic heterocycles. The second kappa shape index (κ2) is 7.47. The van der Waals surface area contributed by atoms with E-state index >= 15 is 0 Å². The molecule has 0 bridgehead atoms. The summed E-state index contributed by atoms with van der Waals surface area (Å²) in [7, 11) is 0. The largest absolute Gasteiger partial charge is 0.479 e. The number of carbonyl (C=O) groups excluding carboxylic acids is 1. The van der Waals surface area contributed by atoms with Gasteiger partial charge in [-0.3, -0.25) is 0 Å². The first-order chi connectivity index (χ1) is 9.47. The summed E-state index contributed by atoms with van der Waals surface area (Å²) < 4.78 is 5.35. The highest BCUT2D eigenvalue weighted by atomic mass is 16.5. The van der Waals surface area contributed by atoms with Gasteiger partial charge in [0.05, 0.1) is 6.10 Å². The van der Waals surface area contributed by atoms with E-state index in [9.17, 15) is 14.7 Å². The Balaban J connectivity index is 2.67. The molecule has 116 valence electrons. The van der Waals surface area contributed by atoms with Crippen molar-refractivity contribution >= 4 is 12.0 Å². The van der Waals surface area contributed by atoms with Gasteiger partial charge in [0, 0.05) is 19.7 Å². The number of nitrogens with zero attached hydrogens (tertiary/aromatic N) is 1. The molecule has 1 heterocycles. The van der Waals surface area contributed by atoms with Crippen LogP contribution in [0.1, 0.15) is 46.5 Å². The summed E-state index contributed by atoms with van der Waals surface area (Å²) in [6.07, 6.45) is 2.44. The number of nitrogens with one attached hydrogen (secondary N) is 1. The van der Waals surface area contributed by atoms with Gasteiger partial charge in [0.25, 0.3) is 0 Å². The third-order valence-electron chi connectivity index (χ3n) is 3.79. The summed E-state index contributed by atoms with van der Waals surface area (Å²) >= 11 is 0. The standard InChI is InChI=1S/C14H26N2O4/c1-4-7-14(12(17)18)8-6-9-16(14)13(19)15-10-11(3)20-5-2/h11H,4-10H2,1-3H3,(H,15,19)(H,17,18). The van der Waals surface area contributed by atoms with Gasteiger partial charge in [0.1, 0.15) is 5.54 Å². The second-order valence-electron chi connectivity index (χ2n) is 5.29. The molecule has 1 saturated heterocycles. The molecule has 0 aromatic carbocycles. The van der Waals surface area contributed by atoms with Crippen molar-refractivity contribution in [3.8, 4) is 0 Å². The summed E-state index contributed by atoms with van der Waals surface area (Å²) in [6, 6.07) is -0.301. The van der Waals surface area contributed by atoms with Crippen molar-refractivity contribution in [2.24, 2.45) is 0 Å². The van der Waals surface area contributed by atoms with E-state index in [2.05, 4.69) is 5.32 Å². The van der Waals surface area contributed by atoms with Crippen molar-refractivity contribution < 1.29 is 19.4 Å². The summed E-state index contributed by atoms with van der Waals surface area (Å²) in [5.74, 6) is -0.898. The minimum absolute atomic E-state index is 0.0723. The maximum Gasteiger partial charge on any atom is 0.329 e. The summed E-state index contributed by atoms with van der Waals surface area (Å²) in [6.45, 7) is 7.21. The molecular weight excluding hydrogens is 260 g/mol. The van der Waals surface area contributed by atoms with Crippen LogP contribution in [0.2, 0.25) is 0 Å². The smallest absolute Gasteiger partial charge is 0.329 e. The van der Waals surface area contributed by atoms with Gasteiger partial charge >= 0.3 is 12.0 Å². The Morgan fingerprint density at radius 1 is 1.45 bits per heavy atom. The highest BCUT2D eigenvalue weighted by Gasteiger charge is 2.49. The number of urea groups is 1. The Morgan fingerprint density at radius 2 is 2.15 bits per heavy atom. The molecule has 2 unspecified atom stereocenters. The summed E-state index contributed by atoms with van der Waals surface area (Å²) in [4.78, 5) is 25.4. The van der Waals surface area contributed by atoms with Crippen LogP contribution in [0.3, 0.4) is 0 Å². The van der Waals surface area contributed by atoms with Gasteiger partial charge in [0.15, 0.2) is 0 Å². The lowest BCUT2D eigenvalue weighted by Crippen LogP contribution is -2.56. The van der Waals surface area contributed by atoms with Crippen molar-refractivity contribution in [3.63, 3.8) is 0 Å². The third kappa shape index (κ3) is 3.62. The van der Waals surface area contributed by atoms with Gasteiger partial charge in [-0.15, -0.1) is 0 Å². The van der Waals surface area contributed by atoms with Crippen LogP contribution in [0.5, 0.6) is 0 Å². The van der Waals surface area contributed by atoms with Gasteiger partial charge in [-0.2, -0.15) is 0 Å². The first kappa shape index (κ1) is 16.8. The lowest BCUT2D eigenvalue weighted by atomic mass is 9.91. The van der Waals surface area contributed by atoms with Crippen LogP contribution in [0, 0.1) is 0 Å². The fraction of sp³-hybridized carbons (Fsp3) is 0.857. The van der Waals surface area contributed by atoms with E-state index in [1.54, 1.807) is 0 Å². The molecule has 2 atom stereocenters. The minimum atomic E-state index is -1.03. The lowest BCUT2D eigenvalue weighted by Gasteiger charge is -2.34. The van der Waals surface area contributed by atoms with Crippen LogP contribution < -0.4 is 5.32 Å².